The van der Waals surface area contributed by atoms with Crippen LogP contribution in [0, 0.1) is 0 Å². The smallest absolute Gasteiger partial charge is 0.303 e. The molecule has 132 valence electrons. The molecule has 2 N–H and O–H groups in total. The summed E-state index contributed by atoms with van der Waals surface area (Å²) in [6.45, 7) is 7.85. The monoisotopic (exact) mass is 332 g/mol. The quantitative estimate of drug-likeness (QED) is 0.717. The van der Waals surface area contributed by atoms with E-state index in [9.17, 15) is 9.59 Å². The van der Waals surface area contributed by atoms with Crippen molar-refractivity contribution in [2.75, 3.05) is 19.6 Å². The Balaban J connectivity index is 2.73. The lowest BCUT2D eigenvalue weighted by molar-refractivity contribution is -0.137. The zero-order chi connectivity index (χ0) is 18.0. The van der Waals surface area contributed by atoms with Gasteiger partial charge in [-0.05, 0) is 39.3 Å². The van der Waals surface area contributed by atoms with Crippen molar-refractivity contribution in [1.82, 2.24) is 10.2 Å². The second-order valence-corrected chi connectivity index (χ2v) is 6.72. The average Bonchev–Trinajstić information content (AvgIpc) is 2.43. The first-order chi connectivity index (χ1) is 11.3. The van der Waals surface area contributed by atoms with Crippen molar-refractivity contribution in [3.8, 4) is 0 Å². The molecule has 0 aromatic carbocycles. The number of aliphatic carboxylic acids is 1. The average molecular weight is 332 g/mol. The fraction of sp³-hybridized carbons (Fsp3) is 0.474. The number of carboxylic acids is 1. The van der Waals surface area contributed by atoms with E-state index in [-0.39, 0.29) is 17.9 Å². The molecule has 5 heteroatoms. The highest BCUT2D eigenvalue weighted by Gasteiger charge is 2.17. The number of allylic oxidation sites excluding steroid dienone is 6. The van der Waals surface area contributed by atoms with Crippen molar-refractivity contribution in [1.29, 1.82) is 0 Å². The summed E-state index contributed by atoms with van der Waals surface area (Å²) in [5.41, 5.74) is 0.574. The number of carboxylic acid groups (broad SMARTS) is 1. The van der Waals surface area contributed by atoms with Gasteiger partial charge in [0.05, 0.1) is 0 Å². The fourth-order valence-electron chi connectivity index (χ4n) is 2.19. The highest BCUT2D eigenvalue weighted by atomic mass is 16.4. The molecule has 0 bridgehead atoms. The first-order valence-electron chi connectivity index (χ1n) is 8.27. The predicted octanol–water partition coefficient (Wildman–Crippen LogP) is 2.68. The number of nitrogens with zero attached hydrogens (tertiary/aromatic N) is 1. The van der Waals surface area contributed by atoms with E-state index in [1.807, 2.05) is 30.4 Å². The summed E-state index contributed by atoms with van der Waals surface area (Å²) in [4.78, 5) is 25.2. The van der Waals surface area contributed by atoms with Crippen LogP contribution in [0.2, 0.25) is 0 Å². The number of carbonyl (C=O) groups excluding carboxylic acids is 1. The Morgan fingerprint density at radius 2 is 1.75 bits per heavy atom. The van der Waals surface area contributed by atoms with Crippen molar-refractivity contribution in [2.45, 2.75) is 39.2 Å². The van der Waals surface area contributed by atoms with Crippen LogP contribution in [-0.2, 0) is 9.59 Å². The Hall–Kier alpha value is -2.14. The van der Waals surface area contributed by atoms with Gasteiger partial charge in [0.15, 0.2) is 0 Å². The van der Waals surface area contributed by atoms with Gasteiger partial charge < -0.3 is 15.3 Å². The summed E-state index contributed by atoms with van der Waals surface area (Å²) in [5, 5.41) is 12.2. The molecule has 1 rings (SSSR count). The second kappa shape index (κ2) is 9.88. The van der Waals surface area contributed by atoms with E-state index in [4.69, 9.17) is 5.11 Å². The normalized spacial score (nSPS) is 16.7. The zero-order valence-electron chi connectivity index (χ0n) is 14.8. The van der Waals surface area contributed by atoms with Gasteiger partial charge in [-0.15, -0.1) is 0 Å². The third-order valence-corrected chi connectivity index (χ3v) is 3.39. The van der Waals surface area contributed by atoms with E-state index >= 15 is 0 Å². The molecule has 0 fully saturated rings. The van der Waals surface area contributed by atoms with Crippen molar-refractivity contribution >= 4 is 11.9 Å². The van der Waals surface area contributed by atoms with E-state index in [0.29, 0.717) is 31.6 Å². The lowest BCUT2D eigenvalue weighted by atomic mass is 10.1. The van der Waals surface area contributed by atoms with Gasteiger partial charge in [-0.2, -0.15) is 0 Å². The van der Waals surface area contributed by atoms with Crippen LogP contribution in [0.25, 0.3) is 0 Å². The maximum Gasteiger partial charge on any atom is 0.303 e. The van der Waals surface area contributed by atoms with Crippen molar-refractivity contribution in [2.24, 2.45) is 0 Å². The maximum absolute atomic E-state index is 12.8. The fourth-order valence-corrected chi connectivity index (χ4v) is 2.19. The molecule has 0 radical (unpaired) electrons. The molecule has 0 heterocycles. The minimum absolute atomic E-state index is 0.0251. The van der Waals surface area contributed by atoms with Crippen molar-refractivity contribution < 1.29 is 14.7 Å². The Kier molecular flexibility index (Phi) is 8.19. The van der Waals surface area contributed by atoms with Crippen LogP contribution in [0.1, 0.15) is 33.6 Å². The number of hydrogen-bond acceptors (Lipinski definition) is 3. The lowest BCUT2D eigenvalue weighted by Crippen LogP contribution is -2.43. The molecule has 0 unspecified atom stereocenters. The highest BCUT2D eigenvalue weighted by molar-refractivity contribution is 5.96. The molecule has 0 saturated carbocycles. The molecule has 0 aromatic heterocycles. The van der Waals surface area contributed by atoms with Crippen LogP contribution in [0.5, 0.6) is 0 Å². The molecule has 1 amide bonds. The predicted molar refractivity (Wildman–Crippen MR) is 96.7 cm³/mol. The molecular weight excluding hydrogens is 304 g/mol. The first-order valence-corrected chi connectivity index (χ1v) is 8.27. The van der Waals surface area contributed by atoms with E-state index in [2.05, 4.69) is 26.1 Å². The van der Waals surface area contributed by atoms with Crippen molar-refractivity contribution in [3.63, 3.8) is 0 Å². The molecule has 1 aliphatic rings. The Bertz CT molecular complexity index is 551. The van der Waals surface area contributed by atoms with E-state index in [1.165, 1.54) is 0 Å². The van der Waals surface area contributed by atoms with Gasteiger partial charge in [0.25, 0.3) is 5.91 Å². The topological polar surface area (TPSA) is 69.6 Å². The van der Waals surface area contributed by atoms with Crippen LogP contribution in [0.3, 0.4) is 0 Å². The summed E-state index contributed by atoms with van der Waals surface area (Å²) in [6, 6.07) is 0. The molecule has 0 saturated heterocycles. The van der Waals surface area contributed by atoms with Crippen LogP contribution in [-0.4, -0.2) is 47.1 Å². The lowest BCUT2D eigenvalue weighted by Gasteiger charge is -2.26. The van der Waals surface area contributed by atoms with Gasteiger partial charge in [-0.25, -0.2) is 0 Å². The minimum atomic E-state index is -0.839. The molecule has 0 aliphatic heterocycles. The standard InChI is InChI=1S/C19H28N2O3/c1-19(2,3)20-13-15-21(14-9-12-17(22)23)18(24)16-10-7-5-4-6-8-11-16/h4-8,10-11,20H,9,12-15H2,1-3H3,(H,22,23)/b5-4-,6-4?,7-5?,8-6-,10-7?,11-8?,16-10?,16-11?. The second-order valence-electron chi connectivity index (χ2n) is 6.72. The van der Waals surface area contributed by atoms with Crippen LogP contribution < -0.4 is 5.32 Å². The summed E-state index contributed by atoms with van der Waals surface area (Å²) in [7, 11) is 0. The Morgan fingerprint density at radius 3 is 2.42 bits per heavy atom. The Labute approximate surface area is 144 Å². The van der Waals surface area contributed by atoms with E-state index in [0.717, 1.165) is 0 Å². The molecule has 0 atom stereocenters. The Morgan fingerprint density at radius 1 is 1.08 bits per heavy atom. The van der Waals surface area contributed by atoms with Gasteiger partial charge in [0.2, 0.25) is 0 Å². The minimum Gasteiger partial charge on any atom is -0.481 e. The van der Waals surface area contributed by atoms with Gasteiger partial charge in [-0.3, -0.25) is 9.59 Å². The molecule has 5 nitrogen and oxygen atoms in total. The number of hydrogen-bond donors (Lipinski definition) is 2. The van der Waals surface area contributed by atoms with E-state index in [1.54, 1.807) is 17.1 Å². The third-order valence-electron chi connectivity index (χ3n) is 3.39. The summed E-state index contributed by atoms with van der Waals surface area (Å²) in [6.07, 6.45) is 13.4. The summed E-state index contributed by atoms with van der Waals surface area (Å²) >= 11 is 0. The van der Waals surface area contributed by atoms with Crippen LogP contribution in [0.4, 0.5) is 0 Å². The number of nitrogens with one attached hydrogen (secondary N) is 1. The summed E-state index contributed by atoms with van der Waals surface area (Å²) < 4.78 is 0. The third kappa shape index (κ3) is 8.48. The van der Waals surface area contributed by atoms with Gasteiger partial charge in [0, 0.05) is 37.2 Å². The first kappa shape index (κ1) is 19.9. The number of amides is 1. The largest absolute Gasteiger partial charge is 0.481 e. The summed E-state index contributed by atoms with van der Waals surface area (Å²) in [5.74, 6) is -0.916. The van der Waals surface area contributed by atoms with Gasteiger partial charge in [0.1, 0.15) is 0 Å². The number of carbonyl (C=O) groups is 2. The molecule has 24 heavy (non-hydrogen) atoms. The van der Waals surface area contributed by atoms with Crippen LogP contribution in [0.15, 0.2) is 48.1 Å². The molecule has 0 aromatic rings. The molecule has 1 aliphatic carbocycles. The SMILES string of the molecule is CC(C)(C)NCCN(CCCC(=O)O)C(=O)C1=C/C=C\C=C/C=C1. The van der Waals surface area contributed by atoms with Gasteiger partial charge in [-0.1, -0.05) is 30.4 Å². The maximum atomic E-state index is 12.8. The zero-order valence-corrected chi connectivity index (χ0v) is 14.8. The van der Waals surface area contributed by atoms with Gasteiger partial charge >= 0.3 is 5.97 Å². The van der Waals surface area contributed by atoms with Crippen molar-refractivity contribution in [3.05, 3.63) is 48.1 Å². The highest BCUT2D eigenvalue weighted by Crippen LogP contribution is 2.09. The van der Waals surface area contributed by atoms with E-state index < -0.39 is 5.97 Å². The molecular formula is C19H28N2O3. The van der Waals surface area contributed by atoms with Crippen LogP contribution >= 0.6 is 0 Å². The molecule has 0 spiro atoms. The number of rotatable bonds is 8.